The molecule has 2 aliphatic carbocycles. The summed E-state index contributed by atoms with van der Waals surface area (Å²) in [5.41, 5.74) is 1.71. The molecule has 0 bridgehead atoms. The van der Waals surface area contributed by atoms with Crippen molar-refractivity contribution in [2.75, 3.05) is 5.32 Å². The maximum Gasteiger partial charge on any atom is 0.321 e. The Morgan fingerprint density at radius 1 is 1.16 bits per heavy atom. The minimum atomic E-state index is -0.119. The van der Waals surface area contributed by atoms with Crippen LogP contribution in [-0.2, 0) is 0 Å². The average Bonchev–Trinajstić information content (AvgIpc) is 3.49. The summed E-state index contributed by atoms with van der Waals surface area (Å²) in [6.45, 7) is 1.94. The Morgan fingerprint density at radius 2 is 1.84 bits per heavy atom. The predicted octanol–water partition coefficient (Wildman–Crippen LogP) is 3.89. The highest BCUT2D eigenvalue weighted by atomic mass is 16.5. The minimum absolute atomic E-state index is 0.119. The number of carbonyl (C=O) groups is 1. The number of hydrogen-bond acceptors (Lipinski definition) is 4. The van der Waals surface area contributed by atoms with Crippen molar-refractivity contribution in [1.82, 2.24) is 15.3 Å². The third kappa shape index (κ3) is 4.07. The largest absolute Gasteiger partial charge is 0.424 e. The molecule has 0 atom stereocenters. The Hall–Kier alpha value is -2.63. The molecular formula is C19H22N4O2. The molecule has 1 aromatic heterocycles. The lowest BCUT2D eigenvalue weighted by molar-refractivity contribution is 0.245. The van der Waals surface area contributed by atoms with Gasteiger partial charge in [0.2, 0.25) is 0 Å². The van der Waals surface area contributed by atoms with E-state index in [0.717, 1.165) is 11.3 Å². The molecule has 2 N–H and O–H groups in total. The zero-order chi connectivity index (χ0) is 17.2. The van der Waals surface area contributed by atoms with Crippen molar-refractivity contribution in [3.8, 4) is 11.8 Å². The number of anilines is 1. The topological polar surface area (TPSA) is 76.1 Å². The maximum atomic E-state index is 12.3. The number of benzene rings is 1. The monoisotopic (exact) mass is 338 g/mol. The fourth-order valence-corrected chi connectivity index (χ4v) is 3.12. The Bertz CT molecular complexity index is 745. The Morgan fingerprint density at radius 3 is 2.44 bits per heavy atom. The van der Waals surface area contributed by atoms with Gasteiger partial charge in [-0.25, -0.2) is 14.8 Å². The molecule has 0 unspecified atom stereocenters. The van der Waals surface area contributed by atoms with Crippen LogP contribution in [-0.4, -0.2) is 22.0 Å². The first-order chi connectivity index (χ1) is 12.2. The molecule has 2 fully saturated rings. The summed E-state index contributed by atoms with van der Waals surface area (Å²) in [6, 6.07) is 7.78. The van der Waals surface area contributed by atoms with Crippen LogP contribution >= 0.6 is 0 Å². The van der Waals surface area contributed by atoms with Gasteiger partial charge in [0.25, 0.3) is 0 Å². The van der Waals surface area contributed by atoms with Crippen molar-refractivity contribution >= 4 is 11.7 Å². The zero-order valence-electron chi connectivity index (χ0n) is 14.2. The number of aromatic nitrogens is 2. The van der Waals surface area contributed by atoms with E-state index in [-0.39, 0.29) is 6.03 Å². The number of nitrogens with zero attached hydrogens (tertiary/aromatic N) is 2. The molecule has 0 spiro atoms. The highest BCUT2D eigenvalue weighted by Crippen LogP contribution is 2.44. The molecule has 0 saturated heterocycles. The second-order valence-electron chi connectivity index (χ2n) is 6.91. The third-order valence-electron chi connectivity index (χ3n) is 4.75. The molecular weight excluding hydrogens is 316 g/mol. The molecule has 0 radical (unpaired) electrons. The van der Waals surface area contributed by atoms with Crippen molar-refractivity contribution in [1.29, 1.82) is 0 Å². The van der Waals surface area contributed by atoms with Gasteiger partial charge in [0.05, 0.1) is 0 Å². The van der Waals surface area contributed by atoms with Gasteiger partial charge in [0.1, 0.15) is 5.75 Å². The fraction of sp³-hybridized carbons (Fsp3) is 0.421. The number of urea groups is 1. The molecule has 4 rings (SSSR count). The van der Waals surface area contributed by atoms with Gasteiger partial charge in [0, 0.05) is 24.1 Å². The molecule has 6 heteroatoms. The summed E-state index contributed by atoms with van der Waals surface area (Å²) in [4.78, 5) is 20.4. The first kappa shape index (κ1) is 15.9. The van der Waals surface area contributed by atoms with Crippen LogP contribution in [0.5, 0.6) is 11.8 Å². The molecule has 25 heavy (non-hydrogen) atoms. The van der Waals surface area contributed by atoms with E-state index in [0.29, 0.717) is 29.6 Å². The van der Waals surface area contributed by atoms with Crippen LogP contribution in [0.1, 0.15) is 31.2 Å². The number of ether oxygens (including phenoxy) is 1. The number of amides is 2. The van der Waals surface area contributed by atoms with Gasteiger partial charge in [0.15, 0.2) is 0 Å². The van der Waals surface area contributed by atoms with Crippen molar-refractivity contribution < 1.29 is 9.53 Å². The summed E-state index contributed by atoms with van der Waals surface area (Å²) in [5.74, 6) is 2.01. The predicted molar refractivity (Wildman–Crippen MR) is 94.7 cm³/mol. The second kappa shape index (κ2) is 6.70. The van der Waals surface area contributed by atoms with Gasteiger partial charge >= 0.3 is 12.0 Å². The number of carbonyl (C=O) groups excluding carboxylic acids is 1. The van der Waals surface area contributed by atoms with Gasteiger partial charge < -0.3 is 15.4 Å². The third-order valence-corrected chi connectivity index (χ3v) is 4.75. The summed E-state index contributed by atoms with van der Waals surface area (Å²) >= 11 is 0. The van der Waals surface area contributed by atoms with Crippen LogP contribution < -0.4 is 15.4 Å². The first-order valence-electron chi connectivity index (χ1n) is 8.82. The van der Waals surface area contributed by atoms with Gasteiger partial charge in [-0.2, -0.15) is 0 Å². The van der Waals surface area contributed by atoms with Crippen molar-refractivity contribution in [2.45, 2.75) is 38.6 Å². The zero-order valence-corrected chi connectivity index (χ0v) is 14.2. The van der Waals surface area contributed by atoms with E-state index >= 15 is 0 Å². The molecule has 0 aliphatic heterocycles. The quantitative estimate of drug-likeness (QED) is 0.838. The molecule has 2 saturated carbocycles. The Kier molecular flexibility index (Phi) is 4.26. The number of nitrogens with one attached hydrogen (secondary N) is 2. The molecule has 2 amide bonds. The highest BCUT2D eigenvalue weighted by molar-refractivity contribution is 5.90. The molecule has 1 aromatic carbocycles. The van der Waals surface area contributed by atoms with E-state index < -0.39 is 0 Å². The summed E-state index contributed by atoms with van der Waals surface area (Å²) in [6.07, 6.45) is 8.24. The minimum Gasteiger partial charge on any atom is -0.424 e. The standard InChI is InChI=1S/C19H22N4O2/c1-12-11-15(25-19-20-9-2-10-21-19)7-8-16(12)22-18(24)23-17(13-3-4-13)14-5-6-14/h2,7-11,13-14,17H,3-6H2,1H3,(H2,22,23,24). The van der Waals surface area contributed by atoms with E-state index in [4.69, 9.17) is 4.74 Å². The molecule has 6 nitrogen and oxygen atoms in total. The van der Waals surface area contributed by atoms with Gasteiger partial charge in [-0.15, -0.1) is 0 Å². The van der Waals surface area contributed by atoms with E-state index in [9.17, 15) is 4.79 Å². The lowest BCUT2D eigenvalue weighted by atomic mass is 10.1. The fourth-order valence-electron chi connectivity index (χ4n) is 3.12. The van der Waals surface area contributed by atoms with Crippen LogP contribution in [0.4, 0.5) is 10.5 Å². The first-order valence-corrected chi connectivity index (χ1v) is 8.82. The van der Waals surface area contributed by atoms with E-state index in [1.807, 2.05) is 19.1 Å². The normalized spacial score (nSPS) is 16.6. The SMILES string of the molecule is Cc1cc(Oc2ncccn2)ccc1NC(=O)NC(C1CC1)C1CC1. The molecule has 130 valence electrons. The van der Waals surface area contributed by atoms with Gasteiger partial charge in [-0.3, -0.25) is 0 Å². The number of hydrogen-bond donors (Lipinski definition) is 2. The van der Waals surface area contributed by atoms with Gasteiger partial charge in [-0.1, -0.05) is 0 Å². The lowest BCUT2D eigenvalue weighted by Crippen LogP contribution is -2.40. The van der Waals surface area contributed by atoms with Crippen LogP contribution in [0.2, 0.25) is 0 Å². The Balaban J connectivity index is 1.38. The summed E-state index contributed by atoms with van der Waals surface area (Å²) in [5, 5.41) is 6.13. The van der Waals surface area contributed by atoms with Crippen molar-refractivity contribution in [3.63, 3.8) is 0 Å². The smallest absolute Gasteiger partial charge is 0.321 e. The van der Waals surface area contributed by atoms with Crippen LogP contribution in [0.25, 0.3) is 0 Å². The van der Waals surface area contributed by atoms with Crippen molar-refractivity contribution in [3.05, 3.63) is 42.2 Å². The Labute approximate surface area is 147 Å². The maximum absolute atomic E-state index is 12.3. The van der Waals surface area contributed by atoms with Gasteiger partial charge in [-0.05, 0) is 74.3 Å². The lowest BCUT2D eigenvalue weighted by Gasteiger charge is -2.18. The molecule has 2 aromatic rings. The highest BCUT2D eigenvalue weighted by Gasteiger charge is 2.42. The number of rotatable bonds is 6. The van der Waals surface area contributed by atoms with E-state index in [2.05, 4.69) is 20.6 Å². The summed E-state index contributed by atoms with van der Waals surface area (Å²) in [7, 11) is 0. The molecule has 2 aliphatic rings. The second-order valence-corrected chi connectivity index (χ2v) is 6.91. The van der Waals surface area contributed by atoms with E-state index in [1.165, 1.54) is 25.7 Å². The van der Waals surface area contributed by atoms with E-state index in [1.54, 1.807) is 24.5 Å². The molecule has 1 heterocycles. The summed E-state index contributed by atoms with van der Waals surface area (Å²) < 4.78 is 5.61. The van der Waals surface area contributed by atoms with Crippen LogP contribution in [0, 0.1) is 18.8 Å². The number of aryl methyl sites for hydroxylation is 1. The van der Waals surface area contributed by atoms with Crippen molar-refractivity contribution in [2.24, 2.45) is 11.8 Å². The van der Waals surface area contributed by atoms with Crippen LogP contribution in [0.15, 0.2) is 36.7 Å². The average molecular weight is 338 g/mol. The van der Waals surface area contributed by atoms with Crippen LogP contribution in [0.3, 0.4) is 0 Å².